The highest BCUT2D eigenvalue weighted by Gasteiger charge is 2.39. The minimum atomic E-state index is -2.17. The highest BCUT2D eigenvalue weighted by atomic mass is 28.4. The SMILES string of the molecule is CCCn1c2ccccc2c2cc(C=C(C#N)C(N)=O)c(O[Si](C)(C)C(C)(C)C)cc21. The number of carbonyl (C=O) groups is 1. The molecule has 3 rings (SSSR count). The molecule has 3 aromatic rings. The summed E-state index contributed by atoms with van der Waals surface area (Å²) in [5.41, 5.74) is 8.29. The molecule has 0 aliphatic rings. The standard InChI is InChI=1S/C25H31N3O2Si/c1-7-12-28-21-11-9-8-10-19(21)20-14-17(13-18(16-26)24(27)29)23(15-22(20)28)30-31(5,6)25(2,3)4/h8-11,13-15H,7,12H2,1-6H3,(H2,27,29). The van der Waals surface area contributed by atoms with Crippen LogP contribution in [0.2, 0.25) is 18.1 Å². The molecule has 1 amide bonds. The summed E-state index contributed by atoms with van der Waals surface area (Å²) in [4.78, 5) is 11.8. The predicted octanol–water partition coefficient (Wildman–Crippen LogP) is 5.98. The molecule has 0 saturated heterocycles. The largest absolute Gasteiger partial charge is 0.543 e. The molecule has 2 N–H and O–H groups in total. The smallest absolute Gasteiger partial charge is 0.259 e. The summed E-state index contributed by atoms with van der Waals surface area (Å²) < 4.78 is 8.99. The number of amides is 1. The average molecular weight is 434 g/mol. The van der Waals surface area contributed by atoms with Crippen molar-refractivity contribution in [3.63, 3.8) is 0 Å². The number of fused-ring (bicyclic) bond motifs is 3. The molecule has 0 radical (unpaired) electrons. The quantitative estimate of drug-likeness (QED) is 0.295. The lowest BCUT2D eigenvalue weighted by atomic mass is 10.1. The number of primary amides is 1. The lowest BCUT2D eigenvalue weighted by molar-refractivity contribution is -0.114. The highest BCUT2D eigenvalue weighted by molar-refractivity contribution is 6.74. The Morgan fingerprint density at radius 2 is 1.87 bits per heavy atom. The molecular weight excluding hydrogens is 402 g/mol. The Kier molecular flexibility index (Phi) is 6.02. The van der Waals surface area contributed by atoms with Crippen LogP contribution in [-0.2, 0) is 11.3 Å². The summed E-state index contributed by atoms with van der Waals surface area (Å²) in [7, 11) is -2.17. The second-order valence-electron chi connectivity index (χ2n) is 9.47. The average Bonchev–Trinajstić information content (AvgIpc) is 2.98. The fraction of sp³-hybridized carbons (Fsp3) is 0.360. The minimum absolute atomic E-state index is 0.000806. The monoisotopic (exact) mass is 433 g/mol. The maximum absolute atomic E-state index is 11.8. The summed E-state index contributed by atoms with van der Waals surface area (Å²) in [5.74, 6) is -0.0532. The van der Waals surface area contributed by atoms with Gasteiger partial charge in [0.15, 0.2) is 0 Å². The first kappa shape index (κ1) is 22.6. The van der Waals surface area contributed by atoms with Gasteiger partial charge in [-0.1, -0.05) is 45.9 Å². The van der Waals surface area contributed by atoms with Gasteiger partial charge in [0.1, 0.15) is 17.4 Å². The van der Waals surface area contributed by atoms with Crippen molar-refractivity contribution in [1.82, 2.24) is 4.57 Å². The maximum atomic E-state index is 11.8. The van der Waals surface area contributed by atoms with Gasteiger partial charge < -0.3 is 14.7 Å². The Balaban J connectivity index is 2.37. The van der Waals surface area contributed by atoms with E-state index < -0.39 is 14.2 Å². The third-order valence-corrected chi connectivity index (χ3v) is 10.6. The van der Waals surface area contributed by atoms with Crippen LogP contribution < -0.4 is 10.2 Å². The molecule has 1 aromatic heterocycles. The van der Waals surface area contributed by atoms with E-state index in [-0.39, 0.29) is 10.6 Å². The second kappa shape index (κ2) is 8.24. The van der Waals surface area contributed by atoms with E-state index in [9.17, 15) is 10.1 Å². The number of nitrogens with zero attached hydrogens (tertiary/aromatic N) is 2. The summed E-state index contributed by atoms with van der Waals surface area (Å²) in [6.45, 7) is 14.0. The van der Waals surface area contributed by atoms with Crippen molar-refractivity contribution in [2.24, 2.45) is 5.73 Å². The van der Waals surface area contributed by atoms with E-state index in [1.807, 2.05) is 24.3 Å². The summed E-state index contributed by atoms with van der Waals surface area (Å²) in [6, 6.07) is 14.3. The Labute approximate surface area is 185 Å². The van der Waals surface area contributed by atoms with Gasteiger partial charge in [-0.15, -0.1) is 0 Å². The van der Waals surface area contributed by atoms with Crippen LogP contribution >= 0.6 is 0 Å². The predicted molar refractivity (Wildman–Crippen MR) is 130 cm³/mol. The molecule has 6 heteroatoms. The Morgan fingerprint density at radius 1 is 1.19 bits per heavy atom. The summed E-state index contributed by atoms with van der Waals surface area (Å²) >= 11 is 0. The van der Waals surface area contributed by atoms with Gasteiger partial charge in [0.25, 0.3) is 14.2 Å². The van der Waals surface area contributed by atoms with Crippen LogP contribution in [0.5, 0.6) is 5.75 Å². The highest BCUT2D eigenvalue weighted by Crippen LogP contribution is 2.41. The van der Waals surface area contributed by atoms with Crippen LogP contribution in [0.15, 0.2) is 42.0 Å². The van der Waals surface area contributed by atoms with Crippen molar-refractivity contribution in [3.8, 4) is 11.8 Å². The Bertz CT molecular complexity index is 1220. The molecule has 162 valence electrons. The van der Waals surface area contributed by atoms with E-state index in [4.69, 9.17) is 10.2 Å². The molecule has 0 aliphatic heterocycles. The molecule has 0 saturated carbocycles. The fourth-order valence-electron chi connectivity index (χ4n) is 3.50. The lowest BCUT2D eigenvalue weighted by Gasteiger charge is -2.37. The van der Waals surface area contributed by atoms with Crippen molar-refractivity contribution < 1.29 is 9.22 Å². The van der Waals surface area contributed by atoms with Gasteiger partial charge in [0.05, 0.1) is 5.52 Å². The Morgan fingerprint density at radius 3 is 2.45 bits per heavy atom. The second-order valence-corrected chi connectivity index (χ2v) is 14.2. The molecule has 2 aromatic carbocycles. The first-order chi connectivity index (χ1) is 14.5. The van der Waals surface area contributed by atoms with E-state index in [1.165, 1.54) is 0 Å². The van der Waals surface area contributed by atoms with Crippen LogP contribution in [0.25, 0.3) is 27.9 Å². The van der Waals surface area contributed by atoms with Crippen LogP contribution in [0.1, 0.15) is 39.7 Å². The van der Waals surface area contributed by atoms with Gasteiger partial charge >= 0.3 is 0 Å². The van der Waals surface area contributed by atoms with Crippen molar-refractivity contribution in [3.05, 3.63) is 47.5 Å². The van der Waals surface area contributed by atoms with Crippen molar-refractivity contribution in [1.29, 1.82) is 5.26 Å². The third-order valence-electron chi connectivity index (χ3n) is 6.21. The molecule has 31 heavy (non-hydrogen) atoms. The Hall–Kier alpha value is -3.04. The molecule has 5 nitrogen and oxygen atoms in total. The normalized spacial score (nSPS) is 12.9. The molecular formula is C25H31N3O2Si. The third kappa shape index (κ3) is 4.24. The fourth-order valence-corrected chi connectivity index (χ4v) is 4.53. The number of hydrogen-bond acceptors (Lipinski definition) is 3. The van der Waals surface area contributed by atoms with Gasteiger partial charge in [-0.05, 0) is 42.8 Å². The van der Waals surface area contributed by atoms with Crippen LogP contribution in [0, 0.1) is 11.3 Å². The number of rotatable bonds is 6. The molecule has 0 fully saturated rings. The van der Waals surface area contributed by atoms with Gasteiger partial charge in [0.2, 0.25) is 0 Å². The molecule has 0 bridgehead atoms. The lowest BCUT2D eigenvalue weighted by Crippen LogP contribution is -2.44. The molecule has 0 atom stereocenters. The van der Waals surface area contributed by atoms with Gasteiger partial charge in [0, 0.05) is 34.5 Å². The zero-order chi connectivity index (χ0) is 23.0. The number of nitrogens with two attached hydrogens (primary N) is 1. The van der Waals surface area contributed by atoms with Crippen LogP contribution in [-0.4, -0.2) is 18.8 Å². The number of aromatic nitrogens is 1. The van der Waals surface area contributed by atoms with Gasteiger partial charge in [-0.2, -0.15) is 5.26 Å². The van der Waals surface area contributed by atoms with E-state index >= 15 is 0 Å². The van der Waals surface area contributed by atoms with Gasteiger partial charge in [-0.25, -0.2) is 0 Å². The van der Waals surface area contributed by atoms with Crippen LogP contribution in [0.3, 0.4) is 0 Å². The van der Waals surface area contributed by atoms with E-state index in [0.29, 0.717) is 11.3 Å². The molecule has 0 spiro atoms. The number of carbonyl (C=O) groups excluding carboxylic acids is 1. The van der Waals surface area contributed by atoms with Gasteiger partial charge in [-0.3, -0.25) is 4.79 Å². The van der Waals surface area contributed by atoms with E-state index in [2.05, 4.69) is 63.6 Å². The number of nitriles is 1. The zero-order valence-corrected chi connectivity index (χ0v) is 20.2. The van der Waals surface area contributed by atoms with E-state index in [0.717, 1.165) is 34.8 Å². The minimum Gasteiger partial charge on any atom is -0.543 e. The van der Waals surface area contributed by atoms with Crippen molar-refractivity contribution >= 4 is 42.1 Å². The first-order valence-electron chi connectivity index (χ1n) is 10.7. The zero-order valence-electron chi connectivity index (χ0n) is 19.2. The number of benzene rings is 2. The number of hydrogen-bond donors (Lipinski definition) is 1. The molecule has 1 heterocycles. The topological polar surface area (TPSA) is 81.0 Å². The van der Waals surface area contributed by atoms with Crippen molar-refractivity contribution in [2.45, 2.75) is 58.8 Å². The van der Waals surface area contributed by atoms with Crippen molar-refractivity contribution in [2.75, 3.05) is 0 Å². The summed E-state index contributed by atoms with van der Waals surface area (Å²) in [6.07, 6.45) is 2.56. The number of aryl methyl sites for hydroxylation is 1. The van der Waals surface area contributed by atoms with Crippen LogP contribution in [0.4, 0.5) is 0 Å². The molecule has 0 unspecified atom stereocenters. The maximum Gasteiger partial charge on any atom is 0.259 e. The first-order valence-corrected chi connectivity index (χ1v) is 13.6. The summed E-state index contributed by atoms with van der Waals surface area (Å²) in [5, 5.41) is 11.6. The number of para-hydroxylation sites is 1. The van der Waals surface area contributed by atoms with E-state index in [1.54, 1.807) is 6.08 Å². The molecule has 0 aliphatic carbocycles.